The molecule has 2 rings (SSSR count). The summed E-state index contributed by atoms with van der Waals surface area (Å²) < 4.78 is 27.7. The third kappa shape index (κ3) is 4.22. The molecular weight excluding hydrogens is 306 g/mol. The average molecular weight is 329 g/mol. The number of aliphatic hydroxyl groups is 1. The van der Waals surface area contributed by atoms with E-state index in [0.717, 1.165) is 25.0 Å². The molecular formula is C15H23NO3S2. The Morgan fingerprint density at radius 3 is 2.57 bits per heavy atom. The summed E-state index contributed by atoms with van der Waals surface area (Å²) in [5, 5.41) is 9.85. The van der Waals surface area contributed by atoms with Crippen molar-refractivity contribution in [1.29, 1.82) is 0 Å². The summed E-state index contributed by atoms with van der Waals surface area (Å²) in [6.45, 7) is 3.76. The van der Waals surface area contributed by atoms with Crippen LogP contribution >= 0.6 is 11.8 Å². The quantitative estimate of drug-likeness (QED) is 0.842. The van der Waals surface area contributed by atoms with Crippen LogP contribution in [0.3, 0.4) is 0 Å². The van der Waals surface area contributed by atoms with E-state index in [1.54, 1.807) is 31.2 Å². The van der Waals surface area contributed by atoms with E-state index in [0.29, 0.717) is 10.8 Å². The first-order valence-corrected chi connectivity index (χ1v) is 9.89. The Morgan fingerprint density at radius 2 is 2.00 bits per heavy atom. The van der Waals surface area contributed by atoms with Gasteiger partial charge < -0.3 is 5.11 Å². The minimum atomic E-state index is -3.48. The van der Waals surface area contributed by atoms with Gasteiger partial charge in [0.1, 0.15) is 0 Å². The van der Waals surface area contributed by atoms with Crippen LogP contribution in [0.15, 0.2) is 29.2 Å². The Morgan fingerprint density at radius 1 is 1.33 bits per heavy atom. The van der Waals surface area contributed by atoms with Crippen LogP contribution in [0, 0.1) is 0 Å². The van der Waals surface area contributed by atoms with Crippen LogP contribution in [0.25, 0.3) is 0 Å². The van der Waals surface area contributed by atoms with Crippen molar-refractivity contribution in [2.45, 2.75) is 55.4 Å². The summed E-state index contributed by atoms with van der Waals surface area (Å²) in [7, 11) is -3.48. The zero-order chi connectivity index (χ0) is 15.5. The Hall–Kier alpha value is -0.560. The van der Waals surface area contributed by atoms with Gasteiger partial charge in [0.2, 0.25) is 10.0 Å². The van der Waals surface area contributed by atoms with Crippen molar-refractivity contribution in [3.05, 3.63) is 29.8 Å². The molecule has 4 nitrogen and oxygen atoms in total. The van der Waals surface area contributed by atoms with Crippen molar-refractivity contribution in [2.24, 2.45) is 0 Å². The highest BCUT2D eigenvalue weighted by molar-refractivity contribution is 8.00. The van der Waals surface area contributed by atoms with Gasteiger partial charge in [-0.15, -0.1) is 0 Å². The fraction of sp³-hybridized carbons (Fsp3) is 0.600. The second-order valence-corrected chi connectivity index (χ2v) is 8.63. The predicted molar refractivity (Wildman–Crippen MR) is 87.0 cm³/mol. The molecule has 1 aliphatic rings. The molecule has 1 fully saturated rings. The highest BCUT2D eigenvalue weighted by Gasteiger charge is 2.31. The lowest BCUT2D eigenvalue weighted by Crippen LogP contribution is -2.38. The van der Waals surface area contributed by atoms with Crippen LogP contribution in [0.4, 0.5) is 0 Å². The second kappa shape index (κ2) is 7.13. The summed E-state index contributed by atoms with van der Waals surface area (Å²) in [6, 6.07) is 6.46. The van der Waals surface area contributed by atoms with Gasteiger partial charge in [-0.25, -0.2) is 13.1 Å². The molecule has 1 saturated carbocycles. The highest BCUT2D eigenvalue weighted by Crippen LogP contribution is 2.31. The maximum atomic E-state index is 12.4. The maximum Gasteiger partial charge on any atom is 0.240 e. The molecule has 0 heterocycles. The van der Waals surface area contributed by atoms with E-state index in [9.17, 15) is 13.5 Å². The second-order valence-electron chi connectivity index (χ2n) is 5.40. The van der Waals surface area contributed by atoms with E-state index in [1.165, 1.54) is 0 Å². The topological polar surface area (TPSA) is 66.4 Å². The van der Waals surface area contributed by atoms with Crippen molar-refractivity contribution in [2.75, 3.05) is 5.75 Å². The Kier molecular flexibility index (Phi) is 5.71. The number of hydrogen-bond donors (Lipinski definition) is 2. The molecule has 0 aromatic heterocycles. The predicted octanol–water partition coefficient (Wildman–Crippen LogP) is 2.69. The molecule has 6 heteroatoms. The third-order valence-corrected chi connectivity index (χ3v) is 6.64. The molecule has 1 aliphatic carbocycles. The lowest BCUT2D eigenvalue weighted by atomic mass is 10.1. The molecule has 0 amide bonds. The molecule has 1 aromatic carbocycles. The van der Waals surface area contributed by atoms with Crippen molar-refractivity contribution in [1.82, 2.24) is 4.72 Å². The van der Waals surface area contributed by atoms with E-state index >= 15 is 0 Å². The lowest BCUT2D eigenvalue weighted by molar-refractivity contribution is 0.199. The van der Waals surface area contributed by atoms with E-state index in [2.05, 4.69) is 11.6 Å². The van der Waals surface area contributed by atoms with Crippen LogP contribution in [-0.4, -0.2) is 30.6 Å². The first kappa shape index (κ1) is 16.8. The van der Waals surface area contributed by atoms with Gasteiger partial charge in [-0.3, -0.25) is 0 Å². The summed E-state index contributed by atoms with van der Waals surface area (Å²) in [5.74, 6) is 1.01. The molecule has 0 radical (unpaired) electrons. The molecule has 0 aliphatic heterocycles. The van der Waals surface area contributed by atoms with Crippen LogP contribution in [0.1, 0.15) is 44.8 Å². The van der Waals surface area contributed by atoms with Gasteiger partial charge in [0.05, 0.1) is 11.0 Å². The Balaban J connectivity index is 2.10. The van der Waals surface area contributed by atoms with E-state index in [4.69, 9.17) is 0 Å². The van der Waals surface area contributed by atoms with Gasteiger partial charge >= 0.3 is 0 Å². The minimum Gasteiger partial charge on any atom is -0.389 e. The maximum absolute atomic E-state index is 12.4. The normalized spacial score (nSPS) is 24.1. The number of rotatable bonds is 6. The Bertz CT molecular complexity index is 555. The molecule has 2 N–H and O–H groups in total. The number of aliphatic hydroxyl groups excluding tert-OH is 1. The Labute approximate surface area is 131 Å². The fourth-order valence-corrected chi connectivity index (χ4v) is 5.26. The van der Waals surface area contributed by atoms with Gasteiger partial charge in [-0.1, -0.05) is 25.5 Å². The minimum absolute atomic E-state index is 0.0244. The lowest BCUT2D eigenvalue weighted by Gasteiger charge is -2.20. The first-order valence-electron chi connectivity index (χ1n) is 7.36. The largest absolute Gasteiger partial charge is 0.389 e. The molecule has 1 aromatic rings. The molecule has 21 heavy (non-hydrogen) atoms. The SMILES string of the molecule is CCSC1CCCC1NS(=O)(=O)c1ccc(C(C)O)cc1. The van der Waals surface area contributed by atoms with Crippen molar-refractivity contribution >= 4 is 21.8 Å². The molecule has 3 atom stereocenters. The van der Waals surface area contributed by atoms with Gasteiger partial charge in [0, 0.05) is 11.3 Å². The van der Waals surface area contributed by atoms with Crippen LogP contribution in [0.5, 0.6) is 0 Å². The van der Waals surface area contributed by atoms with E-state index in [-0.39, 0.29) is 10.9 Å². The molecule has 0 bridgehead atoms. The summed E-state index contributed by atoms with van der Waals surface area (Å²) in [5.41, 5.74) is 0.717. The van der Waals surface area contributed by atoms with Crippen LogP contribution in [-0.2, 0) is 10.0 Å². The third-order valence-electron chi connectivity index (χ3n) is 3.81. The number of thioether (sulfide) groups is 1. The standard InChI is InChI=1S/C15H23NO3S2/c1-3-20-15-6-4-5-14(15)16-21(18,19)13-9-7-12(8-10-13)11(2)17/h7-11,14-17H,3-6H2,1-2H3. The summed E-state index contributed by atoms with van der Waals surface area (Å²) in [4.78, 5) is 0.263. The molecule has 0 spiro atoms. The average Bonchev–Trinajstić information content (AvgIpc) is 2.86. The van der Waals surface area contributed by atoms with Crippen LogP contribution in [0.2, 0.25) is 0 Å². The zero-order valence-corrected chi connectivity index (χ0v) is 14.1. The molecule has 3 unspecified atom stereocenters. The number of benzene rings is 1. The van der Waals surface area contributed by atoms with E-state index < -0.39 is 16.1 Å². The van der Waals surface area contributed by atoms with Crippen molar-refractivity contribution in [3.8, 4) is 0 Å². The van der Waals surface area contributed by atoms with Gasteiger partial charge in [-0.2, -0.15) is 11.8 Å². The van der Waals surface area contributed by atoms with Crippen molar-refractivity contribution in [3.63, 3.8) is 0 Å². The molecule has 0 saturated heterocycles. The van der Waals surface area contributed by atoms with Gasteiger partial charge in [0.25, 0.3) is 0 Å². The summed E-state index contributed by atoms with van der Waals surface area (Å²) in [6.07, 6.45) is 2.47. The number of hydrogen-bond acceptors (Lipinski definition) is 4. The van der Waals surface area contributed by atoms with Crippen LogP contribution < -0.4 is 4.72 Å². The fourth-order valence-electron chi connectivity index (χ4n) is 2.67. The van der Waals surface area contributed by atoms with Gasteiger partial charge in [-0.05, 0) is 43.2 Å². The monoisotopic (exact) mass is 329 g/mol. The smallest absolute Gasteiger partial charge is 0.240 e. The number of nitrogens with one attached hydrogen (secondary N) is 1. The summed E-state index contributed by atoms with van der Waals surface area (Å²) >= 11 is 1.83. The van der Waals surface area contributed by atoms with Crippen molar-refractivity contribution < 1.29 is 13.5 Å². The first-order chi connectivity index (χ1) is 9.94. The zero-order valence-electron chi connectivity index (χ0n) is 12.5. The van der Waals surface area contributed by atoms with Gasteiger partial charge in [0.15, 0.2) is 0 Å². The number of sulfonamides is 1. The highest BCUT2D eigenvalue weighted by atomic mass is 32.2. The van der Waals surface area contributed by atoms with E-state index in [1.807, 2.05) is 11.8 Å². The molecule has 118 valence electrons.